The van der Waals surface area contributed by atoms with Crippen molar-refractivity contribution in [3.63, 3.8) is 0 Å². The Balaban J connectivity index is 3.03. The standard InChI is InChI=1S/C11H25NO/c1-3-5-6-7-8-9-11(12)13-10-4-2/h11H,3-10,12H2,1-2H3. The van der Waals surface area contributed by atoms with E-state index >= 15 is 0 Å². The molecular formula is C11H25NO. The van der Waals surface area contributed by atoms with E-state index in [1.54, 1.807) is 0 Å². The maximum absolute atomic E-state index is 5.75. The maximum Gasteiger partial charge on any atom is 0.105 e. The molecule has 0 aromatic carbocycles. The van der Waals surface area contributed by atoms with Crippen LogP contribution in [-0.4, -0.2) is 12.8 Å². The predicted octanol–water partition coefficient (Wildman–Crippen LogP) is 3.06. The molecule has 0 heterocycles. The van der Waals surface area contributed by atoms with E-state index in [1.807, 2.05) is 0 Å². The fourth-order valence-electron chi connectivity index (χ4n) is 1.30. The maximum atomic E-state index is 5.75. The normalized spacial score (nSPS) is 13.2. The highest BCUT2D eigenvalue weighted by Crippen LogP contribution is 2.06. The lowest BCUT2D eigenvalue weighted by molar-refractivity contribution is 0.0506. The van der Waals surface area contributed by atoms with Gasteiger partial charge in [-0.1, -0.05) is 39.5 Å². The fourth-order valence-corrected chi connectivity index (χ4v) is 1.30. The average Bonchev–Trinajstić information content (AvgIpc) is 2.14. The fraction of sp³-hybridized carbons (Fsp3) is 1.00. The second-order valence-electron chi connectivity index (χ2n) is 3.61. The van der Waals surface area contributed by atoms with E-state index in [2.05, 4.69) is 13.8 Å². The van der Waals surface area contributed by atoms with E-state index in [-0.39, 0.29) is 6.23 Å². The van der Waals surface area contributed by atoms with Crippen LogP contribution in [0.1, 0.15) is 58.8 Å². The summed E-state index contributed by atoms with van der Waals surface area (Å²) in [7, 11) is 0. The molecule has 0 bridgehead atoms. The van der Waals surface area contributed by atoms with Crippen molar-refractivity contribution in [2.75, 3.05) is 6.61 Å². The second-order valence-corrected chi connectivity index (χ2v) is 3.61. The Morgan fingerprint density at radius 3 is 2.31 bits per heavy atom. The summed E-state index contributed by atoms with van der Waals surface area (Å²) in [6, 6.07) is 0. The molecule has 1 unspecified atom stereocenters. The average molecular weight is 187 g/mol. The molecule has 0 saturated carbocycles. The zero-order chi connectivity index (χ0) is 9.94. The van der Waals surface area contributed by atoms with Gasteiger partial charge in [0.05, 0.1) is 0 Å². The molecule has 2 nitrogen and oxygen atoms in total. The van der Waals surface area contributed by atoms with Gasteiger partial charge in [-0.3, -0.25) is 0 Å². The van der Waals surface area contributed by atoms with E-state index in [9.17, 15) is 0 Å². The van der Waals surface area contributed by atoms with E-state index in [0.717, 1.165) is 19.4 Å². The molecule has 13 heavy (non-hydrogen) atoms. The minimum absolute atomic E-state index is 0.0263. The summed E-state index contributed by atoms with van der Waals surface area (Å²) in [5.41, 5.74) is 5.75. The number of ether oxygens (including phenoxy) is 1. The molecule has 0 aliphatic carbocycles. The van der Waals surface area contributed by atoms with Crippen LogP contribution < -0.4 is 5.73 Å². The van der Waals surface area contributed by atoms with Gasteiger partial charge < -0.3 is 10.5 Å². The van der Waals surface area contributed by atoms with Gasteiger partial charge in [-0.2, -0.15) is 0 Å². The first kappa shape index (κ1) is 12.9. The minimum Gasteiger partial charge on any atom is -0.364 e. The van der Waals surface area contributed by atoms with Gasteiger partial charge in [0.2, 0.25) is 0 Å². The summed E-state index contributed by atoms with van der Waals surface area (Å²) < 4.78 is 5.38. The van der Waals surface area contributed by atoms with Gasteiger partial charge in [0.15, 0.2) is 0 Å². The summed E-state index contributed by atoms with van der Waals surface area (Å²) in [6.07, 6.45) is 8.57. The molecule has 80 valence electrons. The first-order valence-electron chi connectivity index (χ1n) is 5.68. The Kier molecular flexibility index (Phi) is 9.94. The zero-order valence-corrected chi connectivity index (χ0v) is 9.22. The van der Waals surface area contributed by atoms with Gasteiger partial charge in [-0.05, 0) is 19.3 Å². The van der Waals surface area contributed by atoms with Crippen molar-refractivity contribution >= 4 is 0 Å². The Labute approximate surface area is 82.8 Å². The first-order chi connectivity index (χ1) is 6.31. The predicted molar refractivity (Wildman–Crippen MR) is 57.6 cm³/mol. The molecule has 0 amide bonds. The highest BCUT2D eigenvalue weighted by atomic mass is 16.5. The molecule has 0 radical (unpaired) electrons. The van der Waals surface area contributed by atoms with Crippen molar-refractivity contribution in [2.45, 2.75) is 65.0 Å². The largest absolute Gasteiger partial charge is 0.364 e. The lowest BCUT2D eigenvalue weighted by Gasteiger charge is -2.11. The molecule has 0 aliphatic heterocycles. The summed E-state index contributed by atoms with van der Waals surface area (Å²) in [4.78, 5) is 0. The lowest BCUT2D eigenvalue weighted by Crippen LogP contribution is -2.23. The van der Waals surface area contributed by atoms with Crippen molar-refractivity contribution in [1.82, 2.24) is 0 Å². The quantitative estimate of drug-likeness (QED) is 0.445. The Bertz CT molecular complexity index is 96.1. The van der Waals surface area contributed by atoms with Crippen LogP contribution in [0, 0.1) is 0 Å². The molecule has 0 aromatic heterocycles. The molecule has 2 N–H and O–H groups in total. The van der Waals surface area contributed by atoms with E-state index in [4.69, 9.17) is 10.5 Å². The van der Waals surface area contributed by atoms with Gasteiger partial charge in [0, 0.05) is 6.61 Å². The number of unbranched alkanes of at least 4 members (excludes halogenated alkanes) is 4. The van der Waals surface area contributed by atoms with Gasteiger partial charge >= 0.3 is 0 Å². The Morgan fingerprint density at radius 2 is 1.69 bits per heavy atom. The molecular weight excluding hydrogens is 162 g/mol. The van der Waals surface area contributed by atoms with E-state index < -0.39 is 0 Å². The van der Waals surface area contributed by atoms with Crippen LogP contribution in [0.15, 0.2) is 0 Å². The van der Waals surface area contributed by atoms with Gasteiger partial charge in [0.25, 0.3) is 0 Å². The van der Waals surface area contributed by atoms with Crippen molar-refractivity contribution < 1.29 is 4.74 Å². The van der Waals surface area contributed by atoms with Crippen molar-refractivity contribution in [3.8, 4) is 0 Å². The van der Waals surface area contributed by atoms with Gasteiger partial charge in [-0.25, -0.2) is 0 Å². The van der Waals surface area contributed by atoms with Crippen LogP contribution in [0.5, 0.6) is 0 Å². The van der Waals surface area contributed by atoms with E-state index in [1.165, 1.54) is 32.1 Å². The third kappa shape index (κ3) is 9.84. The van der Waals surface area contributed by atoms with Crippen LogP contribution in [0.4, 0.5) is 0 Å². The van der Waals surface area contributed by atoms with Crippen molar-refractivity contribution in [1.29, 1.82) is 0 Å². The topological polar surface area (TPSA) is 35.2 Å². The molecule has 2 heteroatoms. The smallest absolute Gasteiger partial charge is 0.105 e. The van der Waals surface area contributed by atoms with E-state index in [0.29, 0.717) is 0 Å². The summed E-state index contributed by atoms with van der Waals surface area (Å²) in [6.45, 7) is 5.14. The molecule has 0 aromatic rings. The van der Waals surface area contributed by atoms with Crippen LogP contribution in [-0.2, 0) is 4.74 Å². The van der Waals surface area contributed by atoms with Crippen LogP contribution in [0.3, 0.4) is 0 Å². The third-order valence-corrected chi connectivity index (χ3v) is 2.13. The molecule has 1 atom stereocenters. The molecule has 0 aliphatic rings. The SMILES string of the molecule is CCCCCCCC(N)OCCC. The highest BCUT2D eigenvalue weighted by molar-refractivity contribution is 4.50. The van der Waals surface area contributed by atoms with Crippen LogP contribution in [0.2, 0.25) is 0 Å². The number of nitrogens with two attached hydrogens (primary N) is 1. The Hall–Kier alpha value is -0.0800. The molecule has 0 spiro atoms. The second kappa shape index (κ2) is 10.0. The molecule has 0 saturated heterocycles. The highest BCUT2D eigenvalue weighted by Gasteiger charge is 2.00. The number of hydrogen-bond acceptors (Lipinski definition) is 2. The molecule has 0 fully saturated rings. The number of rotatable bonds is 9. The number of hydrogen-bond donors (Lipinski definition) is 1. The van der Waals surface area contributed by atoms with Crippen molar-refractivity contribution in [3.05, 3.63) is 0 Å². The summed E-state index contributed by atoms with van der Waals surface area (Å²) >= 11 is 0. The Morgan fingerprint density at radius 1 is 1.00 bits per heavy atom. The van der Waals surface area contributed by atoms with Gasteiger partial charge in [0.1, 0.15) is 6.23 Å². The summed E-state index contributed by atoms with van der Waals surface area (Å²) in [5, 5.41) is 0. The van der Waals surface area contributed by atoms with Crippen LogP contribution in [0.25, 0.3) is 0 Å². The van der Waals surface area contributed by atoms with Gasteiger partial charge in [-0.15, -0.1) is 0 Å². The third-order valence-electron chi connectivity index (χ3n) is 2.13. The lowest BCUT2D eigenvalue weighted by atomic mass is 10.1. The summed E-state index contributed by atoms with van der Waals surface area (Å²) in [5.74, 6) is 0. The van der Waals surface area contributed by atoms with Crippen LogP contribution >= 0.6 is 0 Å². The monoisotopic (exact) mass is 187 g/mol. The minimum atomic E-state index is -0.0263. The first-order valence-corrected chi connectivity index (χ1v) is 5.68. The zero-order valence-electron chi connectivity index (χ0n) is 9.22. The molecule has 0 rings (SSSR count). The van der Waals surface area contributed by atoms with Crippen molar-refractivity contribution in [2.24, 2.45) is 5.73 Å².